The molecule has 1 heterocycles. The highest BCUT2D eigenvalue weighted by atomic mass is 19.1. The molecule has 14 heavy (non-hydrogen) atoms. The van der Waals surface area contributed by atoms with Gasteiger partial charge in [-0.25, -0.2) is 4.39 Å². The number of nitrogens with one attached hydrogen (secondary N) is 1. The lowest BCUT2D eigenvalue weighted by molar-refractivity contribution is 0.629. The van der Waals surface area contributed by atoms with Gasteiger partial charge in [-0.2, -0.15) is 0 Å². The largest absolute Gasteiger partial charge is 0.350 e. The maximum absolute atomic E-state index is 13.0. The quantitative estimate of drug-likeness (QED) is 0.770. The number of halogens is 1. The number of hydrogen-bond acceptors (Lipinski definition) is 1. The molecule has 0 aliphatic rings. The summed E-state index contributed by atoms with van der Waals surface area (Å²) in [7, 11) is 3.86. The fraction of sp³-hybridized carbons (Fsp3) is 0.273. The molecule has 2 nitrogen and oxygen atoms in total. The molecule has 0 unspecified atom stereocenters. The number of benzene rings is 1. The van der Waals surface area contributed by atoms with Crippen LogP contribution in [0.1, 0.15) is 5.56 Å². The van der Waals surface area contributed by atoms with Crippen LogP contribution in [0.2, 0.25) is 0 Å². The predicted octanol–water partition coefficient (Wildman–Crippen LogP) is 2.04. The van der Waals surface area contributed by atoms with Gasteiger partial charge in [-0.3, -0.25) is 0 Å². The third kappa shape index (κ3) is 1.40. The van der Waals surface area contributed by atoms with E-state index in [-0.39, 0.29) is 5.82 Å². The van der Waals surface area contributed by atoms with E-state index in [9.17, 15) is 4.39 Å². The summed E-state index contributed by atoms with van der Waals surface area (Å²) in [4.78, 5) is 0. The molecular weight excluding hydrogens is 179 g/mol. The Bertz CT molecular complexity index is 460. The van der Waals surface area contributed by atoms with Crippen molar-refractivity contribution in [2.24, 2.45) is 7.05 Å². The average molecular weight is 192 g/mol. The minimum Gasteiger partial charge on any atom is -0.350 e. The van der Waals surface area contributed by atoms with Gasteiger partial charge in [0.15, 0.2) is 0 Å². The summed E-state index contributed by atoms with van der Waals surface area (Å²) < 4.78 is 15.1. The van der Waals surface area contributed by atoms with Crippen LogP contribution < -0.4 is 5.32 Å². The van der Waals surface area contributed by atoms with E-state index in [0.29, 0.717) is 0 Å². The summed E-state index contributed by atoms with van der Waals surface area (Å²) in [6, 6.07) is 4.89. The van der Waals surface area contributed by atoms with Crippen LogP contribution in [0.3, 0.4) is 0 Å². The van der Waals surface area contributed by atoms with Crippen LogP contribution in [-0.2, 0) is 13.6 Å². The highest BCUT2D eigenvalue weighted by molar-refractivity contribution is 5.83. The lowest BCUT2D eigenvalue weighted by Crippen LogP contribution is -2.04. The zero-order valence-electron chi connectivity index (χ0n) is 8.34. The van der Waals surface area contributed by atoms with E-state index in [4.69, 9.17) is 0 Å². The Hall–Kier alpha value is -1.35. The van der Waals surface area contributed by atoms with E-state index in [1.165, 1.54) is 6.07 Å². The van der Waals surface area contributed by atoms with Gasteiger partial charge in [0.25, 0.3) is 0 Å². The molecule has 0 bridgehead atoms. The average Bonchev–Trinajstić information content (AvgIpc) is 2.44. The summed E-state index contributed by atoms with van der Waals surface area (Å²) in [5, 5.41) is 4.06. The van der Waals surface area contributed by atoms with Crippen LogP contribution >= 0.6 is 0 Å². The van der Waals surface area contributed by atoms with Gasteiger partial charge in [0.05, 0.1) is 0 Å². The van der Waals surface area contributed by atoms with Gasteiger partial charge >= 0.3 is 0 Å². The summed E-state index contributed by atoms with van der Waals surface area (Å²) in [5.41, 5.74) is 2.20. The first-order valence-electron chi connectivity index (χ1n) is 4.60. The second-order valence-corrected chi connectivity index (χ2v) is 3.46. The maximum Gasteiger partial charge on any atom is 0.123 e. The number of fused-ring (bicyclic) bond motifs is 1. The Morgan fingerprint density at radius 3 is 2.93 bits per heavy atom. The Balaban J connectivity index is 2.66. The monoisotopic (exact) mass is 192 g/mol. The van der Waals surface area contributed by atoms with Crippen molar-refractivity contribution in [3.05, 3.63) is 35.8 Å². The summed E-state index contributed by atoms with van der Waals surface area (Å²) in [6.45, 7) is 0.765. The van der Waals surface area contributed by atoms with Crippen LogP contribution in [0.4, 0.5) is 4.39 Å². The zero-order chi connectivity index (χ0) is 10.1. The van der Waals surface area contributed by atoms with Crippen molar-refractivity contribution in [3.8, 4) is 0 Å². The molecule has 1 aromatic carbocycles. The lowest BCUT2D eigenvalue weighted by atomic mass is 10.2. The number of hydrogen-bond donors (Lipinski definition) is 1. The lowest BCUT2D eigenvalue weighted by Gasteiger charge is -1.97. The molecule has 0 aliphatic heterocycles. The number of nitrogens with zero attached hydrogens (tertiary/aromatic N) is 1. The van der Waals surface area contributed by atoms with Gasteiger partial charge in [0.2, 0.25) is 0 Å². The molecule has 0 amide bonds. The van der Waals surface area contributed by atoms with Crippen molar-refractivity contribution in [2.45, 2.75) is 6.54 Å². The molecule has 3 heteroatoms. The first-order chi connectivity index (χ1) is 6.72. The van der Waals surface area contributed by atoms with Crippen LogP contribution in [0, 0.1) is 5.82 Å². The molecular formula is C11H13FN2. The van der Waals surface area contributed by atoms with E-state index in [2.05, 4.69) is 5.32 Å². The normalized spacial score (nSPS) is 11.1. The predicted molar refractivity (Wildman–Crippen MR) is 55.6 cm³/mol. The number of rotatable bonds is 2. The SMILES string of the molecule is CNCc1cn(C)c2ccc(F)cc12. The Morgan fingerprint density at radius 1 is 1.43 bits per heavy atom. The van der Waals surface area contributed by atoms with Crippen molar-refractivity contribution in [1.82, 2.24) is 9.88 Å². The van der Waals surface area contributed by atoms with Crippen LogP contribution in [0.25, 0.3) is 10.9 Å². The molecule has 2 rings (SSSR count). The minimum absolute atomic E-state index is 0.180. The first kappa shape index (κ1) is 9.21. The molecule has 1 aromatic heterocycles. The van der Waals surface area contributed by atoms with Gasteiger partial charge < -0.3 is 9.88 Å². The molecule has 74 valence electrons. The second-order valence-electron chi connectivity index (χ2n) is 3.46. The van der Waals surface area contributed by atoms with Gasteiger partial charge in [-0.1, -0.05) is 0 Å². The molecule has 0 aliphatic carbocycles. The van der Waals surface area contributed by atoms with Crippen molar-refractivity contribution >= 4 is 10.9 Å². The Labute approximate surface area is 82.3 Å². The fourth-order valence-electron chi connectivity index (χ4n) is 1.78. The summed E-state index contributed by atoms with van der Waals surface area (Å²) in [6.07, 6.45) is 2.03. The van der Waals surface area contributed by atoms with Gasteiger partial charge in [-0.05, 0) is 30.8 Å². The van der Waals surface area contributed by atoms with Crippen molar-refractivity contribution in [2.75, 3.05) is 7.05 Å². The Kier molecular flexibility index (Phi) is 2.25. The molecule has 0 fully saturated rings. The molecule has 0 atom stereocenters. The third-order valence-electron chi connectivity index (χ3n) is 2.40. The van der Waals surface area contributed by atoms with Crippen LogP contribution in [-0.4, -0.2) is 11.6 Å². The van der Waals surface area contributed by atoms with Crippen molar-refractivity contribution in [1.29, 1.82) is 0 Å². The molecule has 1 N–H and O–H groups in total. The fourth-order valence-corrected chi connectivity index (χ4v) is 1.78. The van der Waals surface area contributed by atoms with Crippen molar-refractivity contribution < 1.29 is 4.39 Å². The van der Waals surface area contributed by atoms with E-state index in [0.717, 1.165) is 23.0 Å². The van der Waals surface area contributed by atoms with Gasteiger partial charge in [0.1, 0.15) is 5.82 Å². The van der Waals surface area contributed by atoms with Crippen LogP contribution in [0.15, 0.2) is 24.4 Å². The van der Waals surface area contributed by atoms with E-state index in [1.54, 1.807) is 6.07 Å². The van der Waals surface area contributed by atoms with Gasteiger partial charge in [0, 0.05) is 30.7 Å². The highest BCUT2D eigenvalue weighted by Crippen LogP contribution is 2.21. The smallest absolute Gasteiger partial charge is 0.123 e. The number of aromatic nitrogens is 1. The Morgan fingerprint density at radius 2 is 2.21 bits per heavy atom. The summed E-state index contributed by atoms with van der Waals surface area (Å²) in [5.74, 6) is -0.180. The second kappa shape index (κ2) is 3.42. The van der Waals surface area contributed by atoms with E-state index < -0.39 is 0 Å². The van der Waals surface area contributed by atoms with Crippen LogP contribution in [0.5, 0.6) is 0 Å². The molecule has 0 radical (unpaired) electrons. The third-order valence-corrected chi connectivity index (χ3v) is 2.40. The summed E-state index contributed by atoms with van der Waals surface area (Å²) >= 11 is 0. The number of aryl methyl sites for hydroxylation is 1. The first-order valence-corrected chi connectivity index (χ1v) is 4.60. The van der Waals surface area contributed by atoms with E-state index >= 15 is 0 Å². The van der Waals surface area contributed by atoms with Gasteiger partial charge in [-0.15, -0.1) is 0 Å². The van der Waals surface area contributed by atoms with E-state index in [1.807, 2.05) is 30.9 Å². The molecule has 2 aromatic rings. The molecule has 0 spiro atoms. The molecule has 0 saturated heterocycles. The maximum atomic E-state index is 13.0. The standard InChI is InChI=1S/C11H13FN2/c1-13-6-8-7-14(2)11-4-3-9(12)5-10(8)11/h3-5,7,13H,6H2,1-2H3. The van der Waals surface area contributed by atoms with Crippen molar-refractivity contribution in [3.63, 3.8) is 0 Å². The zero-order valence-corrected chi connectivity index (χ0v) is 8.34. The minimum atomic E-state index is -0.180. The highest BCUT2D eigenvalue weighted by Gasteiger charge is 2.06. The molecule has 0 saturated carbocycles. The topological polar surface area (TPSA) is 17.0 Å².